The molecule has 1 N–H and O–H groups in total. The summed E-state index contributed by atoms with van der Waals surface area (Å²) < 4.78 is 24.0. The van der Waals surface area contributed by atoms with Crippen LogP contribution < -0.4 is 0 Å². The second-order valence-corrected chi connectivity index (χ2v) is 7.22. The van der Waals surface area contributed by atoms with Crippen molar-refractivity contribution in [1.82, 2.24) is 4.31 Å². The van der Waals surface area contributed by atoms with Crippen LogP contribution in [0.1, 0.15) is 40.0 Å². The zero-order chi connectivity index (χ0) is 12.6. The molecule has 94 valence electrons. The third kappa shape index (κ3) is 2.08. The van der Waals surface area contributed by atoms with Crippen LogP contribution in [0.5, 0.6) is 0 Å². The molecule has 1 saturated heterocycles. The lowest BCUT2D eigenvalue weighted by atomic mass is 10.1. The molecule has 5 nitrogen and oxygen atoms in total. The second kappa shape index (κ2) is 4.33. The molecule has 0 aliphatic carbocycles. The Morgan fingerprint density at radius 2 is 1.94 bits per heavy atom. The van der Waals surface area contributed by atoms with E-state index >= 15 is 0 Å². The van der Waals surface area contributed by atoms with Gasteiger partial charge < -0.3 is 5.11 Å². The van der Waals surface area contributed by atoms with Crippen molar-refractivity contribution >= 4 is 16.0 Å². The fourth-order valence-corrected chi connectivity index (χ4v) is 3.59. The molecule has 1 aliphatic heterocycles. The highest BCUT2D eigenvalue weighted by Crippen LogP contribution is 2.28. The van der Waals surface area contributed by atoms with Gasteiger partial charge >= 0.3 is 5.97 Å². The molecule has 6 heteroatoms. The van der Waals surface area contributed by atoms with E-state index < -0.39 is 20.7 Å². The lowest BCUT2D eigenvalue weighted by molar-refractivity contribution is -0.139. The van der Waals surface area contributed by atoms with E-state index in [1.54, 1.807) is 0 Å². The smallest absolute Gasteiger partial charge is 0.325 e. The van der Waals surface area contributed by atoms with Gasteiger partial charge in [0.25, 0.3) is 0 Å². The summed E-state index contributed by atoms with van der Waals surface area (Å²) in [5, 5.41) is 8.99. The molecule has 0 aromatic carbocycles. The highest BCUT2D eigenvalue weighted by molar-refractivity contribution is 7.91. The van der Waals surface area contributed by atoms with Gasteiger partial charge in [-0.1, -0.05) is 6.42 Å². The number of sulfonamides is 1. The van der Waals surface area contributed by atoms with Crippen LogP contribution in [0.15, 0.2) is 0 Å². The van der Waals surface area contributed by atoms with E-state index in [0.29, 0.717) is 6.54 Å². The monoisotopic (exact) mass is 249 g/mol. The van der Waals surface area contributed by atoms with E-state index in [4.69, 9.17) is 5.11 Å². The molecule has 0 spiro atoms. The van der Waals surface area contributed by atoms with Gasteiger partial charge in [0.15, 0.2) is 4.75 Å². The summed E-state index contributed by atoms with van der Waals surface area (Å²) in [6.45, 7) is 4.74. The number of hydrogen-bond donors (Lipinski definition) is 1. The van der Waals surface area contributed by atoms with Crippen molar-refractivity contribution in [3.63, 3.8) is 0 Å². The van der Waals surface area contributed by atoms with Crippen LogP contribution in [0.2, 0.25) is 0 Å². The molecule has 1 unspecified atom stereocenters. The van der Waals surface area contributed by atoms with E-state index in [1.165, 1.54) is 18.2 Å². The maximum atomic E-state index is 12.2. The number of nitrogens with zero attached hydrogens (tertiary/aromatic N) is 1. The summed E-state index contributed by atoms with van der Waals surface area (Å²) in [5.74, 6) is -1.30. The Morgan fingerprint density at radius 3 is 2.38 bits per heavy atom. The second-order valence-electron chi connectivity index (χ2n) is 4.78. The van der Waals surface area contributed by atoms with Gasteiger partial charge in [-0.05, 0) is 33.6 Å². The number of aliphatic carboxylic acids is 1. The maximum absolute atomic E-state index is 12.2. The van der Waals surface area contributed by atoms with E-state index in [1.807, 2.05) is 6.92 Å². The van der Waals surface area contributed by atoms with Gasteiger partial charge in [0, 0.05) is 12.6 Å². The summed E-state index contributed by atoms with van der Waals surface area (Å²) in [6.07, 6.45) is 2.61. The van der Waals surface area contributed by atoms with Crippen molar-refractivity contribution < 1.29 is 18.3 Å². The van der Waals surface area contributed by atoms with Crippen molar-refractivity contribution in [2.24, 2.45) is 0 Å². The minimum atomic E-state index is -3.78. The normalized spacial score (nSPS) is 24.3. The van der Waals surface area contributed by atoms with Crippen molar-refractivity contribution in [1.29, 1.82) is 0 Å². The van der Waals surface area contributed by atoms with Crippen molar-refractivity contribution in [3.8, 4) is 0 Å². The summed E-state index contributed by atoms with van der Waals surface area (Å²) >= 11 is 0. The summed E-state index contributed by atoms with van der Waals surface area (Å²) in [4.78, 5) is 11.0. The maximum Gasteiger partial charge on any atom is 0.325 e. The molecule has 0 amide bonds. The topological polar surface area (TPSA) is 74.7 Å². The largest absolute Gasteiger partial charge is 0.480 e. The van der Waals surface area contributed by atoms with E-state index in [2.05, 4.69) is 0 Å². The number of carboxylic acids is 1. The molecule has 1 heterocycles. The lowest BCUT2D eigenvalue weighted by Gasteiger charge is -2.36. The van der Waals surface area contributed by atoms with Crippen LogP contribution in [0.3, 0.4) is 0 Å². The van der Waals surface area contributed by atoms with E-state index in [0.717, 1.165) is 19.3 Å². The van der Waals surface area contributed by atoms with Crippen molar-refractivity contribution in [2.45, 2.75) is 50.8 Å². The fourth-order valence-electron chi connectivity index (χ4n) is 1.83. The third-order valence-electron chi connectivity index (χ3n) is 3.21. The van der Waals surface area contributed by atoms with E-state index in [9.17, 15) is 13.2 Å². The minimum absolute atomic E-state index is 0.0997. The Morgan fingerprint density at radius 1 is 1.38 bits per heavy atom. The van der Waals surface area contributed by atoms with Gasteiger partial charge in [-0.2, -0.15) is 4.31 Å². The zero-order valence-electron chi connectivity index (χ0n) is 9.93. The molecule has 1 fully saturated rings. The van der Waals surface area contributed by atoms with Crippen LogP contribution in [0.25, 0.3) is 0 Å². The highest BCUT2D eigenvalue weighted by Gasteiger charge is 2.47. The molecule has 1 rings (SSSR count). The molecule has 16 heavy (non-hydrogen) atoms. The first kappa shape index (κ1) is 13.4. The van der Waals surface area contributed by atoms with E-state index in [-0.39, 0.29) is 6.04 Å². The standard InChI is InChI=1S/C10H19NO4S/c1-8-6-4-5-7-11(8)16(14,15)10(2,3)9(12)13/h8H,4-7H2,1-3H3,(H,12,13). The van der Waals surface area contributed by atoms with Crippen LogP contribution in [-0.4, -0.2) is 41.1 Å². The Hall–Kier alpha value is -0.620. The Bertz CT molecular complexity index is 374. The summed E-state index contributed by atoms with van der Waals surface area (Å²) in [5.41, 5.74) is 0. The first-order valence-electron chi connectivity index (χ1n) is 5.46. The molecular weight excluding hydrogens is 230 g/mol. The first-order chi connectivity index (χ1) is 7.21. The highest BCUT2D eigenvalue weighted by atomic mass is 32.2. The van der Waals surface area contributed by atoms with Gasteiger partial charge in [-0.15, -0.1) is 0 Å². The molecule has 0 saturated carbocycles. The summed E-state index contributed by atoms with van der Waals surface area (Å²) in [6, 6.07) is -0.0997. The Kier molecular flexibility index (Phi) is 3.64. The molecule has 0 aromatic heterocycles. The Balaban J connectivity index is 3.05. The average Bonchev–Trinajstić information content (AvgIpc) is 2.17. The molecule has 1 atom stereocenters. The van der Waals surface area contributed by atoms with Crippen molar-refractivity contribution in [2.75, 3.05) is 6.54 Å². The molecule has 0 bridgehead atoms. The first-order valence-corrected chi connectivity index (χ1v) is 6.90. The van der Waals surface area contributed by atoms with Gasteiger partial charge in [0.2, 0.25) is 10.0 Å². The van der Waals surface area contributed by atoms with Gasteiger partial charge in [0.05, 0.1) is 0 Å². The quantitative estimate of drug-likeness (QED) is 0.811. The zero-order valence-corrected chi connectivity index (χ0v) is 10.7. The Labute approximate surface area is 96.5 Å². The molecule has 1 aliphatic rings. The van der Waals surface area contributed by atoms with Crippen molar-refractivity contribution in [3.05, 3.63) is 0 Å². The number of piperidine rings is 1. The van der Waals surface area contributed by atoms with Gasteiger partial charge in [-0.25, -0.2) is 8.42 Å². The van der Waals surface area contributed by atoms with Gasteiger partial charge in [0.1, 0.15) is 0 Å². The number of carboxylic acid groups (broad SMARTS) is 1. The van der Waals surface area contributed by atoms with Crippen LogP contribution in [-0.2, 0) is 14.8 Å². The predicted octanol–water partition coefficient (Wildman–Crippen LogP) is 1.05. The van der Waals surface area contributed by atoms with Crippen LogP contribution in [0.4, 0.5) is 0 Å². The summed E-state index contributed by atoms with van der Waals surface area (Å²) in [7, 11) is -3.78. The van der Waals surface area contributed by atoms with Gasteiger partial charge in [-0.3, -0.25) is 4.79 Å². The SMILES string of the molecule is CC1CCCCN1S(=O)(=O)C(C)(C)C(=O)O. The molecular formula is C10H19NO4S. The number of rotatable bonds is 3. The molecule has 0 radical (unpaired) electrons. The number of hydrogen-bond acceptors (Lipinski definition) is 3. The minimum Gasteiger partial charge on any atom is -0.480 e. The van der Waals surface area contributed by atoms with Crippen LogP contribution in [0, 0.1) is 0 Å². The average molecular weight is 249 g/mol. The van der Waals surface area contributed by atoms with Crippen LogP contribution >= 0.6 is 0 Å². The number of carbonyl (C=O) groups is 1. The molecule has 0 aromatic rings. The fraction of sp³-hybridized carbons (Fsp3) is 0.900. The predicted molar refractivity (Wildman–Crippen MR) is 60.7 cm³/mol. The lowest BCUT2D eigenvalue weighted by Crippen LogP contribution is -2.53. The third-order valence-corrected chi connectivity index (χ3v) is 5.83.